The number of carbonyl (C=O) groups excluding carboxylic acids is 1. The van der Waals surface area contributed by atoms with Gasteiger partial charge in [0.2, 0.25) is 0 Å². The normalized spacial score (nSPS) is 17.0. The van der Waals surface area contributed by atoms with Gasteiger partial charge in [-0.15, -0.1) is 0 Å². The van der Waals surface area contributed by atoms with Crippen LogP contribution in [0.25, 0.3) is 0 Å². The van der Waals surface area contributed by atoms with Crippen LogP contribution in [0.3, 0.4) is 0 Å². The van der Waals surface area contributed by atoms with Crippen molar-refractivity contribution in [2.24, 2.45) is 0 Å². The number of fused-ring (bicyclic) bond motifs is 1. The average molecular weight is 536 g/mol. The lowest BCUT2D eigenvalue weighted by molar-refractivity contribution is -0.119. The highest BCUT2D eigenvalue weighted by Crippen LogP contribution is 2.53. The zero-order valence-electron chi connectivity index (χ0n) is 12.4. The SMILES string of the molecule is C[Si](C)(C)CCOCN1C(=O)C(Br)(Br)c2c1ncc(Br)c2Cl. The quantitative estimate of drug-likeness (QED) is 0.300. The van der Waals surface area contributed by atoms with E-state index >= 15 is 0 Å². The molecule has 2 heterocycles. The van der Waals surface area contributed by atoms with Gasteiger partial charge in [0, 0.05) is 20.9 Å². The first kappa shape index (κ1) is 18.9. The summed E-state index contributed by atoms with van der Waals surface area (Å²) in [6, 6.07) is 1.05. The summed E-state index contributed by atoms with van der Waals surface area (Å²) in [5.41, 5.74) is 0.599. The number of carbonyl (C=O) groups is 1. The zero-order valence-corrected chi connectivity index (χ0v) is 18.9. The monoisotopic (exact) mass is 532 g/mol. The maximum atomic E-state index is 12.6. The molecule has 0 fully saturated rings. The summed E-state index contributed by atoms with van der Waals surface area (Å²) >= 11 is 16.5. The first-order valence-corrected chi connectivity index (χ1v) is 13.1. The number of aromatic nitrogens is 1. The molecule has 0 bridgehead atoms. The minimum Gasteiger partial charge on any atom is -0.361 e. The largest absolute Gasteiger partial charge is 0.361 e. The number of anilines is 1. The van der Waals surface area contributed by atoms with Crippen LogP contribution >= 0.6 is 59.4 Å². The predicted molar refractivity (Wildman–Crippen MR) is 103 cm³/mol. The second-order valence-corrected chi connectivity index (χ2v) is 16.6. The number of halogens is 4. The van der Waals surface area contributed by atoms with Gasteiger partial charge in [-0.3, -0.25) is 9.69 Å². The number of hydrogen-bond donors (Lipinski definition) is 0. The van der Waals surface area contributed by atoms with E-state index in [0.717, 1.165) is 6.04 Å². The van der Waals surface area contributed by atoms with Crippen molar-refractivity contribution in [2.45, 2.75) is 28.9 Å². The van der Waals surface area contributed by atoms with Gasteiger partial charge in [0.1, 0.15) is 12.5 Å². The van der Waals surface area contributed by atoms with Crippen molar-refractivity contribution in [3.05, 3.63) is 21.3 Å². The summed E-state index contributed by atoms with van der Waals surface area (Å²) in [6.45, 7) is 7.66. The minimum atomic E-state index is -1.16. The molecule has 0 aliphatic carbocycles. The molecule has 1 aliphatic heterocycles. The molecule has 1 amide bonds. The van der Waals surface area contributed by atoms with Crippen LogP contribution < -0.4 is 4.90 Å². The molecule has 2 rings (SSSR count). The summed E-state index contributed by atoms with van der Waals surface area (Å²) in [7, 11) is -1.16. The summed E-state index contributed by atoms with van der Waals surface area (Å²) in [4.78, 5) is 18.4. The molecule has 0 aromatic carbocycles. The fraction of sp³-hybridized carbons (Fsp3) is 0.538. The molecule has 22 heavy (non-hydrogen) atoms. The fourth-order valence-electron chi connectivity index (χ4n) is 1.97. The van der Waals surface area contributed by atoms with Gasteiger partial charge in [-0.2, -0.15) is 0 Å². The molecule has 1 aromatic heterocycles. The van der Waals surface area contributed by atoms with Gasteiger partial charge < -0.3 is 4.74 Å². The third-order valence-electron chi connectivity index (χ3n) is 3.25. The Hall–Kier alpha value is 0.527. The van der Waals surface area contributed by atoms with Crippen molar-refractivity contribution in [1.29, 1.82) is 0 Å². The van der Waals surface area contributed by atoms with E-state index in [0.29, 0.717) is 27.5 Å². The van der Waals surface area contributed by atoms with Crippen molar-refractivity contribution in [3.8, 4) is 0 Å². The van der Waals surface area contributed by atoms with Crippen molar-refractivity contribution in [2.75, 3.05) is 18.2 Å². The maximum Gasteiger partial charge on any atom is 0.262 e. The minimum absolute atomic E-state index is 0.167. The summed E-state index contributed by atoms with van der Waals surface area (Å²) < 4.78 is 5.27. The summed E-state index contributed by atoms with van der Waals surface area (Å²) in [5, 5.41) is 0.455. The van der Waals surface area contributed by atoms with Crippen molar-refractivity contribution in [1.82, 2.24) is 4.98 Å². The predicted octanol–water partition coefficient (Wildman–Crippen LogP) is 5.10. The lowest BCUT2D eigenvalue weighted by Crippen LogP contribution is -2.35. The Morgan fingerprint density at radius 2 is 2.05 bits per heavy atom. The summed E-state index contributed by atoms with van der Waals surface area (Å²) in [6.07, 6.45) is 1.59. The standard InChI is InChI=1S/C13H16Br3ClN2O2Si/c1-22(2,3)5-4-21-7-19-11-9(13(15,16)12(19)20)10(17)8(14)6-18-11/h6H,4-5,7H2,1-3H3. The van der Waals surface area contributed by atoms with Crippen LogP contribution in [-0.4, -0.2) is 32.3 Å². The van der Waals surface area contributed by atoms with E-state index in [9.17, 15) is 4.79 Å². The van der Waals surface area contributed by atoms with Crippen LogP contribution in [0.2, 0.25) is 30.7 Å². The number of rotatable bonds is 5. The Balaban J connectivity index is 2.18. The van der Waals surface area contributed by atoms with Gasteiger partial charge in [0.15, 0.2) is 3.23 Å². The van der Waals surface area contributed by atoms with Crippen LogP contribution in [0.1, 0.15) is 5.56 Å². The Labute approximate surface area is 161 Å². The first-order chi connectivity index (χ1) is 10.1. The summed E-state index contributed by atoms with van der Waals surface area (Å²) in [5.74, 6) is 0.322. The smallest absolute Gasteiger partial charge is 0.262 e. The van der Waals surface area contributed by atoms with E-state index in [1.807, 2.05) is 0 Å². The van der Waals surface area contributed by atoms with Crippen LogP contribution in [0, 0.1) is 0 Å². The van der Waals surface area contributed by atoms with Crippen molar-refractivity contribution in [3.63, 3.8) is 0 Å². The Morgan fingerprint density at radius 3 is 2.64 bits per heavy atom. The number of ether oxygens (including phenoxy) is 1. The van der Waals surface area contributed by atoms with E-state index in [1.165, 1.54) is 4.90 Å². The van der Waals surface area contributed by atoms with E-state index in [1.54, 1.807) is 6.20 Å². The second kappa shape index (κ2) is 6.80. The fourth-order valence-corrected chi connectivity index (χ4v) is 4.71. The van der Waals surface area contributed by atoms with Gasteiger partial charge in [-0.1, -0.05) is 63.1 Å². The molecule has 122 valence electrons. The second-order valence-electron chi connectivity index (χ2n) is 6.27. The molecular formula is C13H16Br3ClN2O2Si. The zero-order chi connectivity index (χ0) is 16.7. The van der Waals surface area contributed by atoms with Crippen LogP contribution in [0.15, 0.2) is 10.7 Å². The van der Waals surface area contributed by atoms with Crippen LogP contribution in [-0.2, 0) is 12.8 Å². The molecular weight excluding hydrogens is 519 g/mol. The van der Waals surface area contributed by atoms with Gasteiger partial charge in [0.25, 0.3) is 5.91 Å². The number of alkyl halides is 2. The lowest BCUT2D eigenvalue weighted by Gasteiger charge is -2.20. The third kappa shape index (κ3) is 3.78. The number of nitrogens with zero attached hydrogens (tertiary/aromatic N) is 2. The molecule has 0 spiro atoms. The highest BCUT2D eigenvalue weighted by Gasteiger charge is 2.50. The van der Waals surface area contributed by atoms with Crippen molar-refractivity contribution < 1.29 is 9.53 Å². The van der Waals surface area contributed by atoms with Crippen LogP contribution in [0.4, 0.5) is 5.82 Å². The molecule has 0 N–H and O–H groups in total. The highest BCUT2D eigenvalue weighted by atomic mass is 79.9. The molecule has 1 aliphatic rings. The van der Waals surface area contributed by atoms with E-state index in [2.05, 4.69) is 72.4 Å². The molecule has 9 heteroatoms. The van der Waals surface area contributed by atoms with Gasteiger partial charge in [-0.25, -0.2) is 4.98 Å². The Bertz CT molecular complexity index is 608. The number of amides is 1. The number of hydrogen-bond acceptors (Lipinski definition) is 3. The molecule has 0 unspecified atom stereocenters. The van der Waals surface area contributed by atoms with Gasteiger partial charge >= 0.3 is 0 Å². The molecule has 0 saturated heterocycles. The van der Waals surface area contributed by atoms with E-state index < -0.39 is 11.3 Å². The van der Waals surface area contributed by atoms with Crippen molar-refractivity contribution >= 4 is 79.2 Å². The molecule has 0 atom stereocenters. The third-order valence-corrected chi connectivity index (χ3v) is 7.65. The Kier molecular flexibility index (Phi) is 5.83. The Morgan fingerprint density at radius 1 is 1.41 bits per heavy atom. The molecule has 0 saturated carbocycles. The molecule has 4 nitrogen and oxygen atoms in total. The number of pyridine rings is 1. The lowest BCUT2D eigenvalue weighted by atomic mass is 10.2. The molecule has 0 radical (unpaired) electrons. The van der Waals surface area contributed by atoms with Crippen LogP contribution in [0.5, 0.6) is 0 Å². The maximum absolute atomic E-state index is 12.6. The van der Waals surface area contributed by atoms with Gasteiger partial charge in [0.05, 0.1) is 15.1 Å². The van der Waals surface area contributed by atoms with E-state index in [-0.39, 0.29) is 12.6 Å². The first-order valence-electron chi connectivity index (χ1n) is 6.67. The topological polar surface area (TPSA) is 42.4 Å². The van der Waals surface area contributed by atoms with E-state index in [4.69, 9.17) is 16.3 Å². The highest BCUT2D eigenvalue weighted by molar-refractivity contribution is 9.25. The average Bonchev–Trinajstić information content (AvgIpc) is 2.58. The molecule has 1 aromatic rings. The van der Waals surface area contributed by atoms with Gasteiger partial charge in [-0.05, 0) is 22.0 Å².